The van der Waals surface area contributed by atoms with Gasteiger partial charge in [0.2, 0.25) is 0 Å². The Morgan fingerprint density at radius 3 is 0.846 bits per heavy atom. The van der Waals surface area contributed by atoms with E-state index < -0.39 is 8.07 Å². The van der Waals surface area contributed by atoms with Crippen molar-refractivity contribution in [1.29, 1.82) is 0 Å². The van der Waals surface area contributed by atoms with E-state index in [2.05, 4.69) is 0 Å². The van der Waals surface area contributed by atoms with Crippen molar-refractivity contribution in [3.05, 3.63) is 0 Å². The molecule has 0 unspecified atom stereocenters. The van der Waals surface area contributed by atoms with Gasteiger partial charge in [-0.05, 0) is 22.2 Å². The molecule has 0 aromatic carbocycles. The lowest BCUT2D eigenvalue weighted by Crippen LogP contribution is -2.37. The molecule has 0 aliphatic heterocycles. The lowest BCUT2D eigenvalue weighted by atomic mass is 10.9. The second kappa shape index (κ2) is 2.24. The average Bonchev–Trinajstić information content (AvgIpc) is 3.00. The van der Waals surface area contributed by atoms with E-state index in [0.717, 1.165) is 0 Å². The van der Waals surface area contributed by atoms with Gasteiger partial charge >= 0.3 is 0 Å². The molecular weight excluding hydrogens is 172 g/mol. The molecule has 13 heavy (non-hydrogen) atoms. The van der Waals surface area contributed by atoms with Crippen molar-refractivity contribution >= 4 is 8.07 Å². The summed E-state index contributed by atoms with van der Waals surface area (Å²) in [5, 5.41) is 0. The highest BCUT2D eigenvalue weighted by molar-refractivity contribution is 6.87. The second-order valence-electron chi connectivity index (χ2n) is 6.10. The quantitative estimate of drug-likeness (QED) is 0.589. The molecule has 4 rings (SSSR count). The first-order valence-corrected chi connectivity index (χ1v) is 8.73. The first-order valence-electron chi connectivity index (χ1n) is 6.42. The van der Waals surface area contributed by atoms with Gasteiger partial charge in [0.15, 0.2) is 0 Å². The zero-order valence-electron chi connectivity index (χ0n) is 8.47. The Bertz CT molecular complexity index is 178. The predicted octanol–water partition coefficient (Wildman–Crippen LogP) is 4.09. The van der Waals surface area contributed by atoms with Crippen LogP contribution in [0.2, 0.25) is 22.2 Å². The van der Waals surface area contributed by atoms with Gasteiger partial charge in [-0.3, -0.25) is 0 Å². The van der Waals surface area contributed by atoms with Crippen LogP contribution in [0.4, 0.5) is 0 Å². The molecule has 0 nitrogen and oxygen atoms in total. The summed E-state index contributed by atoms with van der Waals surface area (Å²) < 4.78 is 0. The van der Waals surface area contributed by atoms with Crippen molar-refractivity contribution in [3.63, 3.8) is 0 Å². The van der Waals surface area contributed by atoms with Crippen LogP contribution in [0.5, 0.6) is 0 Å². The Hall–Kier alpha value is 0.217. The van der Waals surface area contributed by atoms with Crippen LogP contribution in [0.25, 0.3) is 0 Å². The van der Waals surface area contributed by atoms with Gasteiger partial charge in [-0.15, -0.1) is 0 Å². The standard InChI is InChI=1S/C12H20Si/c1-2-9(1)13(10-3-4-10,11-5-6-11)12-7-8-12/h9-12H,1-8H2. The summed E-state index contributed by atoms with van der Waals surface area (Å²) in [5.74, 6) is 0. The largest absolute Gasteiger partial charge is 0.0660 e. The third-order valence-electron chi connectivity index (χ3n) is 5.14. The maximum absolute atomic E-state index is 1.66. The fraction of sp³-hybridized carbons (Fsp3) is 1.00. The van der Waals surface area contributed by atoms with Crippen LogP contribution in [-0.4, -0.2) is 8.07 Å². The topological polar surface area (TPSA) is 0 Å². The highest BCUT2D eigenvalue weighted by atomic mass is 28.3. The van der Waals surface area contributed by atoms with E-state index in [-0.39, 0.29) is 0 Å². The van der Waals surface area contributed by atoms with Gasteiger partial charge in [0.05, 0.1) is 8.07 Å². The monoisotopic (exact) mass is 192 g/mol. The van der Waals surface area contributed by atoms with Gasteiger partial charge in [-0.25, -0.2) is 0 Å². The number of hydrogen-bond donors (Lipinski definition) is 0. The number of rotatable bonds is 4. The predicted molar refractivity (Wildman–Crippen MR) is 57.7 cm³/mol. The smallest absolute Gasteiger partial charge is 0.0528 e. The van der Waals surface area contributed by atoms with E-state index in [9.17, 15) is 0 Å². The van der Waals surface area contributed by atoms with Gasteiger partial charge in [-0.1, -0.05) is 51.4 Å². The fourth-order valence-electron chi connectivity index (χ4n) is 4.33. The van der Waals surface area contributed by atoms with Gasteiger partial charge in [0.1, 0.15) is 0 Å². The summed E-state index contributed by atoms with van der Waals surface area (Å²) in [5.41, 5.74) is 5.39. The minimum atomic E-state index is -0.660. The van der Waals surface area contributed by atoms with Crippen molar-refractivity contribution in [2.24, 2.45) is 0 Å². The molecule has 0 spiro atoms. The molecule has 1 heteroatoms. The molecule has 0 bridgehead atoms. The summed E-state index contributed by atoms with van der Waals surface area (Å²) in [6, 6.07) is 0. The van der Waals surface area contributed by atoms with Crippen molar-refractivity contribution in [2.45, 2.75) is 73.5 Å². The highest BCUT2D eigenvalue weighted by Gasteiger charge is 2.67. The normalized spacial score (nSPS) is 35.1. The highest BCUT2D eigenvalue weighted by Crippen LogP contribution is 2.75. The van der Waals surface area contributed by atoms with Crippen molar-refractivity contribution in [3.8, 4) is 0 Å². The Labute approximate surface area is 82.1 Å². The molecule has 0 N–H and O–H groups in total. The molecule has 0 atom stereocenters. The average molecular weight is 192 g/mol. The van der Waals surface area contributed by atoms with Crippen LogP contribution < -0.4 is 0 Å². The van der Waals surface area contributed by atoms with Crippen LogP contribution in [-0.2, 0) is 0 Å². The van der Waals surface area contributed by atoms with Crippen molar-refractivity contribution < 1.29 is 0 Å². The maximum Gasteiger partial charge on any atom is 0.0660 e. The summed E-state index contributed by atoms with van der Waals surface area (Å²) in [6.45, 7) is 0. The zero-order chi connectivity index (χ0) is 8.47. The molecule has 0 heterocycles. The van der Waals surface area contributed by atoms with E-state index >= 15 is 0 Å². The van der Waals surface area contributed by atoms with E-state index in [1.807, 2.05) is 0 Å². The molecule has 0 aromatic rings. The molecule has 0 aromatic heterocycles. The molecule has 4 aliphatic carbocycles. The third kappa shape index (κ3) is 0.972. The minimum Gasteiger partial charge on any atom is -0.0528 e. The summed E-state index contributed by atoms with van der Waals surface area (Å²) in [7, 11) is -0.660. The van der Waals surface area contributed by atoms with Crippen LogP contribution in [0.15, 0.2) is 0 Å². The van der Waals surface area contributed by atoms with E-state index in [1.54, 1.807) is 51.4 Å². The molecule has 4 fully saturated rings. The summed E-state index contributed by atoms with van der Waals surface area (Å²) >= 11 is 0. The third-order valence-corrected chi connectivity index (χ3v) is 13.1. The molecule has 72 valence electrons. The van der Waals surface area contributed by atoms with Gasteiger partial charge in [0, 0.05) is 0 Å². The molecule has 0 saturated heterocycles. The molecule has 0 radical (unpaired) electrons. The van der Waals surface area contributed by atoms with Crippen LogP contribution in [0.1, 0.15) is 51.4 Å². The minimum absolute atomic E-state index is 0.660. The van der Waals surface area contributed by atoms with Crippen LogP contribution in [0, 0.1) is 0 Å². The maximum atomic E-state index is 1.66. The van der Waals surface area contributed by atoms with Gasteiger partial charge in [-0.2, -0.15) is 0 Å². The fourth-order valence-corrected chi connectivity index (χ4v) is 13.0. The van der Waals surface area contributed by atoms with Gasteiger partial charge in [0.25, 0.3) is 0 Å². The van der Waals surface area contributed by atoms with E-state index in [4.69, 9.17) is 0 Å². The number of hydrogen-bond acceptors (Lipinski definition) is 0. The summed E-state index contributed by atoms with van der Waals surface area (Å²) in [6.07, 6.45) is 13.3. The molecule has 0 amide bonds. The Morgan fingerprint density at radius 1 is 0.462 bits per heavy atom. The Balaban J connectivity index is 1.71. The Kier molecular flexibility index (Phi) is 1.29. The van der Waals surface area contributed by atoms with Gasteiger partial charge < -0.3 is 0 Å². The van der Waals surface area contributed by atoms with Crippen LogP contribution >= 0.6 is 0 Å². The Morgan fingerprint density at radius 2 is 0.692 bits per heavy atom. The van der Waals surface area contributed by atoms with Crippen LogP contribution in [0.3, 0.4) is 0 Å². The first-order chi connectivity index (χ1) is 6.42. The second-order valence-corrected chi connectivity index (χ2v) is 11.4. The molecule has 4 saturated carbocycles. The van der Waals surface area contributed by atoms with Crippen molar-refractivity contribution in [1.82, 2.24) is 0 Å². The lowest BCUT2D eigenvalue weighted by molar-refractivity contribution is 1.04. The molecular formula is C12H20Si. The van der Waals surface area contributed by atoms with E-state index in [1.165, 1.54) is 22.2 Å². The zero-order valence-corrected chi connectivity index (χ0v) is 9.47. The van der Waals surface area contributed by atoms with Crippen molar-refractivity contribution in [2.75, 3.05) is 0 Å². The lowest BCUT2D eigenvalue weighted by Gasteiger charge is -2.33. The SMILES string of the molecule is C1CC1[Si](C1CC1)(C1CC1)C1CC1. The summed E-state index contributed by atoms with van der Waals surface area (Å²) in [4.78, 5) is 0. The van der Waals surface area contributed by atoms with E-state index in [0.29, 0.717) is 0 Å². The molecule has 4 aliphatic rings. The first kappa shape index (κ1) is 7.50.